The van der Waals surface area contributed by atoms with E-state index in [4.69, 9.17) is 5.73 Å². The molecule has 0 bridgehead atoms. The fourth-order valence-electron chi connectivity index (χ4n) is 1.18. The SMILES string of the molecule is NC(=O)c1cncc(-c2cncnc2)c1. The van der Waals surface area contributed by atoms with Crippen LogP contribution in [0.15, 0.2) is 37.2 Å². The lowest BCUT2D eigenvalue weighted by molar-refractivity contribution is 0.1000. The van der Waals surface area contributed by atoms with E-state index < -0.39 is 5.91 Å². The summed E-state index contributed by atoms with van der Waals surface area (Å²) in [6.07, 6.45) is 7.79. The predicted octanol–water partition coefficient (Wildman–Crippen LogP) is 0.638. The standard InChI is InChI=1S/C10H8N4O/c11-10(15)8-1-7(2-12-3-8)9-4-13-6-14-5-9/h1-6H,(H2,11,15). The topological polar surface area (TPSA) is 81.8 Å². The molecule has 0 radical (unpaired) electrons. The first-order valence-electron chi connectivity index (χ1n) is 4.27. The molecule has 0 aliphatic carbocycles. The van der Waals surface area contributed by atoms with E-state index in [9.17, 15) is 4.79 Å². The summed E-state index contributed by atoms with van der Waals surface area (Å²) >= 11 is 0. The Morgan fingerprint density at radius 1 is 1.00 bits per heavy atom. The number of pyridine rings is 1. The Bertz CT molecular complexity index is 484. The molecule has 74 valence electrons. The molecule has 0 atom stereocenters. The van der Waals surface area contributed by atoms with Gasteiger partial charge >= 0.3 is 0 Å². The highest BCUT2D eigenvalue weighted by Crippen LogP contribution is 2.16. The maximum atomic E-state index is 10.9. The van der Waals surface area contributed by atoms with Gasteiger partial charge in [-0.05, 0) is 6.07 Å². The lowest BCUT2D eigenvalue weighted by Crippen LogP contribution is -2.11. The average Bonchev–Trinajstić information content (AvgIpc) is 2.30. The summed E-state index contributed by atoms with van der Waals surface area (Å²) in [6, 6.07) is 1.66. The maximum Gasteiger partial charge on any atom is 0.250 e. The van der Waals surface area contributed by atoms with Crippen LogP contribution in [-0.2, 0) is 0 Å². The van der Waals surface area contributed by atoms with E-state index in [0.29, 0.717) is 5.56 Å². The number of hydrogen-bond acceptors (Lipinski definition) is 4. The van der Waals surface area contributed by atoms with E-state index >= 15 is 0 Å². The lowest BCUT2D eigenvalue weighted by atomic mass is 10.1. The minimum atomic E-state index is -0.499. The molecule has 0 saturated carbocycles. The Hall–Kier alpha value is -2.30. The van der Waals surface area contributed by atoms with Crippen molar-refractivity contribution in [1.82, 2.24) is 15.0 Å². The first-order valence-corrected chi connectivity index (χ1v) is 4.27. The zero-order valence-electron chi connectivity index (χ0n) is 7.79. The van der Waals surface area contributed by atoms with Gasteiger partial charge in [0.1, 0.15) is 6.33 Å². The third-order valence-electron chi connectivity index (χ3n) is 1.92. The van der Waals surface area contributed by atoms with Crippen LogP contribution < -0.4 is 5.73 Å². The number of rotatable bonds is 2. The van der Waals surface area contributed by atoms with Gasteiger partial charge in [0.2, 0.25) is 5.91 Å². The summed E-state index contributed by atoms with van der Waals surface area (Å²) in [5, 5.41) is 0. The zero-order valence-corrected chi connectivity index (χ0v) is 7.79. The van der Waals surface area contributed by atoms with Crippen molar-refractivity contribution in [1.29, 1.82) is 0 Å². The van der Waals surface area contributed by atoms with Crippen LogP contribution >= 0.6 is 0 Å². The van der Waals surface area contributed by atoms with Gasteiger partial charge in [-0.15, -0.1) is 0 Å². The van der Waals surface area contributed by atoms with Crippen molar-refractivity contribution in [2.75, 3.05) is 0 Å². The monoisotopic (exact) mass is 200 g/mol. The summed E-state index contributed by atoms with van der Waals surface area (Å²) in [6.45, 7) is 0. The van der Waals surface area contributed by atoms with Gasteiger partial charge in [-0.3, -0.25) is 9.78 Å². The molecule has 2 aromatic heterocycles. The minimum Gasteiger partial charge on any atom is -0.366 e. The second-order valence-corrected chi connectivity index (χ2v) is 2.95. The molecule has 2 rings (SSSR count). The van der Waals surface area contributed by atoms with Crippen molar-refractivity contribution in [3.8, 4) is 11.1 Å². The van der Waals surface area contributed by atoms with Crippen molar-refractivity contribution in [2.24, 2.45) is 5.73 Å². The number of nitrogens with two attached hydrogens (primary N) is 1. The molecular formula is C10H8N4O. The molecule has 0 unspecified atom stereocenters. The molecule has 1 amide bonds. The summed E-state index contributed by atoms with van der Waals surface area (Å²) < 4.78 is 0. The Morgan fingerprint density at radius 3 is 2.33 bits per heavy atom. The molecule has 0 saturated heterocycles. The van der Waals surface area contributed by atoms with E-state index in [0.717, 1.165) is 11.1 Å². The van der Waals surface area contributed by atoms with E-state index in [1.165, 1.54) is 12.5 Å². The zero-order chi connectivity index (χ0) is 10.7. The molecule has 0 aromatic carbocycles. The highest BCUT2D eigenvalue weighted by Gasteiger charge is 2.03. The fraction of sp³-hybridized carbons (Fsp3) is 0. The second kappa shape index (κ2) is 3.83. The summed E-state index contributed by atoms with van der Waals surface area (Å²) in [7, 11) is 0. The van der Waals surface area contributed by atoms with Gasteiger partial charge in [-0.25, -0.2) is 9.97 Å². The van der Waals surface area contributed by atoms with Crippen LogP contribution in [0.1, 0.15) is 10.4 Å². The van der Waals surface area contributed by atoms with Crippen LogP contribution in [0.5, 0.6) is 0 Å². The first-order chi connectivity index (χ1) is 7.27. The molecule has 0 aliphatic rings. The fourth-order valence-corrected chi connectivity index (χ4v) is 1.18. The Kier molecular flexibility index (Phi) is 2.37. The van der Waals surface area contributed by atoms with Crippen molar-refractivity contribution < 1.29 is 4.79 Å². The van der Waals surface area contributed by atoms with Crippen LogP contribution in [0.4, 0.5) is 0 Å². The molecular weight excluding hydrogens is 192 g/mol. The van der Waals surface area contributed by atoms with Crippen LogP contribution in [0.2, 0.25) is 0 Å². The lowest BCUT2D eigenvalue weighted by Gasteiger charge is -2.00. The second-order valence-electron chi connectivity index (χ2n) is 2.95. The molecule has 5 heteroatoms. The van der Waals surface area contributed by atoms with Crippen LogP contribution in [0, 0.1) is 0 Å². The van der Waals surface area contributed by atoms with Crippen LogP contribution in [0.3, 0.4) is 0 Å². The summed E-state index contributed by atoms with van der Waals surface area (Å²) in [4.78, 5) is 22.6. The van der Waals surface area contributed by atoms with E-state index in [1.54, 1.807) is 24.7 Å². The Balaban J connectivity index is 2.46. The molecule has 2 heterocycles. The van der Waals surface area contributed by atoms with Gasteiger partial charge in [0.05, 0.1) is 5.56 Å². The van der Waals surface area contributed by atoms with E-state index in [-0.39, 0.29) is 0 Å². The van der Waals surface area contributed by atoms with Crippen LogP contribution in [0.25, 0.3) is 11.1 Å². The molecule has 0 fully saturated rings. The van der Waals surface area contributed by atoms with Gasteiger partial charge in [-0.2, -0.15) is 0 Å². The number of carbonyl (C=O) groups is 1. The van der Waals surface area contributed by atoms with Crippen LogP contribution in [-0.4, -0.2) is 20.9 Å². The predicted molar refractivity (Wildman–Crippen MR) is 53.8 cm³/mol. The number of aromatic nitrogens is 3. The molecule has 0 spiro atoms. The number of amides is 1. The minimum absolute atomic E-state index is 0.372. The molecule has 5 nitrogen and oxygen atoms in total. The van der Waals surface area contributed by atoms with Crippen molar-refractivity contribution in [3.05, 3.63) is 42.7 Å². The van der Waals surface area contributed by atoms with Crippen molar-refractivity contribution >= 4 is 5.91 Å². The average molecular weight is 200 g/mol. The highest BCUT2D eigenvalue weighted by molar-refractivity contribution is 5.93. The molecule has 0 aliphatic heterocycles. The van der Waals surface area contributed by atoms with Crippen molar-refractivity contribution in [2.45, 2.75) is 0 Å². The first kappa shape index (κ1) is 9.26. The Labute approximate surface area is 86.0 Å². The Morgan fingerprint density at radius 2 is 1.67 bits per heavy atom. The summed E-state index contributed by atoms with van der Waals surface area (Å²) in [5.74, 6) is -0.499. The molecule has 2 N–H and O–H groups in total. The number of hydrogen-bond donors (Lipinski definition) is 1. The van der Waals surface area contributed by atoms with Crippen molar-refractivity contribution in [3.63, 3.8) is 0 Å². The third kappa shape index (κ3) is 1.96. The largest absolute Gasteiger partial charge is 0.366 e. The number of primary amides is 1. The third-order valence-corrected chi connectivity index (χ3v) is 1.92. The quantitative estimate of drug-likeness (QED) is 0.771. The maximum absolute atomic E-state index is 10.9. The van der Waals surface area contributed by atoms with E-state index in [2.05, 4.69) is 15.0 Å². The molecule has 15 heavy (non-hydrogen) atoms. The highest BCUT2D eigenvalue weighted by atomic mass is 16.1. The normalized spacial score (nSPS) is 9.87. The molecule has 2 aromatic rings. The van der Waals surface area contributed by atoms with Gasteiger partial charge in [-0.1, -0.05) is 0 Å². The van der Waals surface area contributed by atoms with Gasteiger partial charge in [0.15, 0.2) is 0 Å². The van der Waals surface area contributed by atoms with Gasteiger partial charge in [0, 0.05) is 35.9 Å². The van der Waals surface area contributed by atoms with Gasteiger partial charge in [0.25, 0.3) is 0 Å². The van der Waals surface area contributed by atoms with E-state index in [1.807, 2.05) is 0 Å². The van der Waals surface area contributed by atoms with Gasteiger partial charge < -0.3 is 5.73 Å². The number of nitrogens with zero attached hydrogens (tertiary/aromatic N) is 3. The number of carbonyl (C=O) groups excluding carboxylic acids is 1. The summed E-state index contributed by atoms with van der Waals surface area (Å²) in [5.41, 5.74) is 7.09. The smallest absolute Gasteiger partial charge is 0.250 e.